The fraction of sp³-hybridized carbons (Fsp3) is 0.0172. The van der Waals surface area contributed by atoms with Crippen molar-refractivity contribution in [3.05, 3.63) is 241 Å². The first-order valence-corrected chi connectivity index (χ1v) is 21.2. The van der Waals surface area contributed by atoms with Crippen molar-refractivity contribution in [3.8, 4) is 73.2 Å². The Hall–Kier alpha value is -8.21. The number of para-hydroxylation sites is 1. The molecule has 0 unspecified atom stereocenters. The van der Waals surface area contributed by atoms with E-state index in [9.17, 15) is 0 Å². The monoisotopic (exact) mass is 788 g/mol. The van der Waals surface area contributed by atoms with Crippen LogP contribution in [0, 0.1) is 0 Å². The first kappa shape index (κ1) is 34.6. The molecule has 4 heteroatoms. The Balaban J connectivity index is 1.13. The largest absolute Gasteiger partial charge is 0.277 e. The van der Waals surface area contributed by atoms with Crippen LogP contribution in [0.5, 0.6) is 0 Å². The van der Waals surface area contributed by atoms with Crippen LogP contribution in [0.1, 0.15) is 22.3 Å². The molecular weight excluding hydrogens is 753 g/mol. The smallest absolute Gasteiger partial charge is 0.238 e. The van der Waals surface area contributed by atoms with Crippen LogP contribution in [0.3, 0.4) is 0 Å². The zero-order valence-corrected chi connectivity index (χ0v) is 33.6. The fourth-order valence-corrected chi connectivity index (χ4v) is 10.5. The van der Waals surface area contributed by atoms with Gasteiger partial charge >= 0.3 is 0 Å². The Kier molecular flexibility index (Phi) is 7.49. The summed E-state index contributed by atoms with van der Waals surface area (Å²) in [5.41, 5.74) is 18.2. The summed E-state index contributed by atoms with van der Waals surface area (Å²) in [6.45, 7) is 0. The van der Waals surface area contributed by atoms with Crippen LogP contribution in [-0.4, -0.2) is 19.5 Å². The lowest BCUT2D eigenvalue weighted by atomic mass is 9.70. The average molecular weight is 789 g/mol. The minimum Gasteiger partial charge on any atom is -0.277 e. The third-order valence-corrected chi connectivity index (χ3v) is 13.1. The van der Waals surface area contributed by atoms with Gasteiger partial charge in [-0.05, 0) is 79.4 Å². The van der Waals surface area contributed by atoms with Crippen molar-refractivity contribution in [3.63, 3.8) is 0 Å². The first-order chi connectivity index (χ1) is 30.8. The maximum atomic E-state index is 5.47. The van der Waals surface area contributed by atoms with Crippen molar-refractivity contribution in [1.29, 1.82) is 0 Å². The summed E-state index contributed by atoms with van der Waals surface area (Å²) in [5, 5.41) is 2.31. The second kappa shape index (κ2) is 13.4. The topological polar surface area (TPSA) is 43.6 Å². The summed E-state index contributed by atoms with van der Waals surface area (Å²) < 4.78 is 2.31. The van der Waals surface area contributed by atoms with Crippen LogP contribution in [0.15, 0.2) is 218 Å². The summed E-state index contributed by atoms with van der Waals surface area (Å²) in [6, 6.07) is 78.4. The van der Waals surface area contributed by atoms with Crippen LogP contribution in [0.4, 0.5) is 0 Å². The lowest BCUT2D eigenvalue weighted by Crippen LogP contribution is -2.25. The molecule has 11 aromatic rings. The SMILES string of the molecule is c1ccc(-c2cccc(-c3nc(-c4cccc(-c5ccccc5)c4)nc(-n4c5ccccc5c5ccc6c(c54)-c4ccccc4C64c5ccccc5-c5ccccc54)n3)c2)cc1. The second-order valence-electron chi connectivity index (χ2n) is 16.3. The van der Waals surface area contributed by atoms with E-state index >= 15 is 0 Å². The molecule has 2 aliphatic carbocycles. The van der Waals surface area contributed by atoms with Crippen LogP contribution in [0.25, 0.3) is 95.0 Å². The molecule has 288 valence electrons. The van der Waals surface area contributed by atoms with E-state index in [1.165, 1.54) is 44.5 Å². The molecule has 9 aromatic carbocycles. The highest BCUT2D eigenvalue weighted by molar-refractivity contribution is 6.16. The van der Waals surface area contributed by atoms with E-state index in [2.05, 4.69) is 211 Å². The zero-order chi connectivity index (χ0) is 40.8. The predicted molar refractivity (Wildman–Crippen MR) is 252 cm³/mol. The van der Waals surface area contributed by atoms with Gasteiger partial charge in [0.2, 0.25) is 5.95 Å². The van der Waals surface area contributed by atoms with Gasteiger partial charge in [0.1, 0.15) is 0 Å². The van der Waals surface area contributed by atoms with Gasteiger partial charge in [-0.1, -0.05) is 200 Å². The van der Waals surface area contributed by atoms with Crippen molar-refractivity contribution >= 4 is 21.8 Å². The molecule has 0 amide bonds. The van der Waals surface area contributed by atoms with Gasteiger partial charge in [-0.25, -0.2) is 4.98 Å². The lowest BCUT2D eigenvalue weighted by Gasteiger charge is -2.30. The summed E-state index contributed by atoms with van der Waals surface area (Å²) >= 11 is 0. The molecule has 13 rings (SSSR count). The summed E-state index contributed by atoms with van der Waals surface area (Å²) in [4.78, 5) is 16.2. The molecule has 0 saturated heterocycles. The summed E-state index contributed by atoms with van der Waals surface area (Å²) in [6.07, 6.45) is 0. The van der Waals surface area contributed by atoms with E-state index < -0.39 is 5.41 Å². The second-order valence-corrected chi connectivity index (χ2v) is 16.3. The number of fused-ring (bicyclic) bond motifs is 14. The number of hydrogen-bond acceptors (Lipinski definition) is 3. The van der Waals surface area contributed by atoms with E-state index in [1.54, 1.807) is 0 Å². The van der Waals surface area contributed by atoms with E-state index in [-0.39, 0.29) is 0 Å². The molecular formula is C58H36N4. The molecule has 4 nitrogen and oxygen atoms in total. The van der Waals surface area contributed by atoms with Gasteiger partial charge in [0.15, 0.2) is 11.6 Å². The van der Waals surface area contributed by atoms with Gasteiger partial charge in [0, 0.05) is 27.5 Å². The summed E-state index contributed by atoms with van der Waals surface area (Å²) in [5.74, 6) is 1.80. The molecule has 0 saturated carbocycles. The summed E-state index contributed by atoms with van der Waals surface area (Å²) in [7, 11) is 0. The lowest BCUT2D eigenvalue weighted by molar-refractivity contribution is 0.794. The third kappa shape index (κ3) is 4.92. The van der Waals surface area contributed by atoms with E-state index in [0.717, 1.165) is 55.2 Å². The van der Waals surface area contributed by atoms with Crippen LogP contribution < -0.4 is 0 Å². The third-order valence-electron chi connectivity index (χ3n) is 13.1. The van der Waals surface area contributed by atoms with Crippen LogP contribution in [0.2, 0.25) is 0 Å². The first-order valence-electron chi connectivity index (χ1n) is 21.2. The number of rotatable bonds is 5. The highest BCUT2D eigenvalue weighted by Gasteiger charge is 2.52. The van der Waals surface area contributed by atoms with Gasteiger partial charge in [-0.15, -0.1) is 0 Å². The minimum atomic E-state index is -0.486. The Morgan fingerprint density at radius 1 is 0.323 bits per heavy atom. The average Bonchev–Trinajstić information content (AvgIpc) is 3.96. The Morgan fingerprint density at radius 3 is 1.39 bits per heavy atom. The van der Waals surface area contributed by atoms with E-state index in [1.807, 2.05) is 12.1 Å². The van der Waals surface area contributed by atoms with Crippen molar-refractivity contribution in [2.45, 2.75) is 5.41 Å². The van der Waals surface area contributed by atoms with E-state index in [0.29, 0.717) is 17.6 Å². The zero-order valence-electron chi connectivity index (χ0n) is 33.6. The molecule has 0 fully saturated rings. The number of hydrogen-bond donors (Lipinski definition) is 0. The van der Waals surface area contributed by atoms with Gasteiger partial charge in [0.05, 0.1) is 16.4 Å². The highest BCUT2D eigenvalue weighted by Crippen LogP contribution is 2.64. The van der Waals surface area contributed by atoms with Gasteiger partial charge in [-0.2, -0.15) is 9.97 Å². The quantitative estimate of drug-likeness (QED) is 0.174. The number of nitrogens with zero attached hydrogens (tertiary/aromatic N) is 4. The van der Waals surface area contributed by atoms with Crippen LogP contribution >= 0.6 is 0 Å². The van der Waals surface area contributed by atoms with Crippen molar-refractivity contribution in [2.24, 2.45) is 0 Å². The number of aromatic nitrogens is 4. The van der Waals surface area contributed by atoms with Gasteiger partial charge < -0.3 is 0 Å². The van der Waals surface area contributed by atoms with Crippen molar-refractivity contribution in [1.82, 2.24) is 19.5 Å². The molecule has 2 aromatic heterocycles. The molecule has 62 heavy (non-hydrogen) atoms. The highest BCUT2D eigenvalue weighted by atomic mass is 15.2. The number of benzene rings is 9. The van der Waals surface area contributed by atoms with E-state index in [4.69, 9.17) is 15.0 Å². The Morgan fingerprint density at radius 2 is 0.790 bits per heavy atom. The van der Waals surface area contributed by atoms with Crippen LogP contribution in [-0.2, 0) is 5.41 Å². The Labute approximate surface area is 359 Å². The maximum Gasteiger partial charge on any atom is 0.238 e. The maximum absolute atomic E-state index is 5.47. The molecule has 2 aliphatic rings. The Bertz CT molecular complexity index is 3440. The molecule has 0 atom stereocenters. The van der Waals surface area contributed by atoms with Crippen molar-refractivity contribution < 1.29 is 0 Å². The predicted octanol–water partition coefficient (Wildman–Crippen LogP) is 14.0. The molecule has 0 radical (unpaired) electrons. The molecule has 1 spiro atoms. The van der Waals surface area contributed by atoms with Crippen molar-refractivity contribution in [2.75, 3.05) is 0 Å². The fourth-order valence-electron chi connectivity index (χ4n) is 10.5. The normalized spacial score (nSPS) is 13.0. The molecule has 0 bridgehead atoms. The molecule has 0 N–H and O–H groups in total. The molecule has 0 aliphatic heterocycles. The van der Waals surface area contributed by atoms with Gasteiger partial charge in [0.25, 0.3) is 0 Å². The molecule has 2 heterocycles. The van der Waals surface area contributed by atoms with Gasteiger partial charge in [-0.3, -0.25) is 4.57 Å². The minimum absolute atomic E-state index is 0.486. The standard InChI is InChI=1S/C58H36N4/c1-3-17-37(18-4-1)39-21-15-23-41(35-39)55-59-56(42-24-16-22-40(36-42)38-19-5-2-6-20-38)61-57(60-55)62-52-32-14-10-27-45(52)46-33-34-51-53(54(46)62)47-28-9-13-31-50(47)58(51)48-29-11-7-25-43(48)44-26-8-12-30-49(44)58/h1-36H.